The normalized spacial score (nSPS) is 11.4. The van der Waals surface area contributed by atoms with Gasteiger partial charge in [0.1, 0.15) is 11.5 Å². The summed E-state index contributed by atoms with van der Waals surface area (Å²) < 4.78 is 0. The standard InChI is InChI=1S/C36H35NO2/c1-25-5-14-31(15-6-25)37(33-16-7-26(2)27(3)23-33)32-17-8-28(9-18-32)24-36(4,29-10-19-34(38)20-11-29)30-12-21-35(39)22-13-30/h5-23,38-39H,24H2,1-4H3. The largest absolute Gasteiger partial charge is 0.508 e. The van der Waals surface area contributed by atoms with E-state index in [1.54, 1.807) is 24.3 Å². The third-order valence-corrected chi connectivity index (χ3v) is 7.80. The van der Waals surface area contributed by atoms with Gasteiger partial charge in [0.05, 0.1) is 0 Å². The van der Waals surface area contributed by atoms with Crippen LogP contribution < -0.4 is 4.90 Å². The molecule has 39 heavy (non-hydrogen) atoms. The zero-order valence-electron chi connectivity index (χ0n) is 23.0. The molecule has 5 aromatic carbocycles. The fourth-order valence-corrected chi connectivity index (χ4v) is 5.21. The van der Waals surface area contributed by atoms with Crippen LogP contribution in [0.4, 0.5) is 17.1 Å². The van der Waals surface area contributed by atoms with Gasteiger partial charge < -0.3 is 15.1 Å². The molecule has 0 amide bonds. The van der Waals surface area contributed by atoms with Crippen molar-refractivity contribution in [2.75, 3.05) is 4.90 Å². The first-order chi connectivity index (χ1) is 18.7. The van der Waals surface area contributed by atoms with Crippen molar-refractivity contribution in [1.29, 1.82) is 0 Å². The number of phenols is 2. The fourth-order valence-electron chi connectivity index (χ4n) is 5.21. The summed E-state index contributed by atoms with van der Waals surface area (Å²) in [6, 6.07) is 38.9. The molecule has 3 heteroatoms. The average molecular weight is 514 g/mol. The number of hydrogen-bond acceptors (Lipinski definition) is 3. The number of rotatable bonds is 7. The maximum atomic E-state index is 9.90. The van der Waals surface area contributed by atoms with E-state index in [1.807, 2.05) is 24.3 Å². The van der Waals surface area contributed by atoms with Gasteiger partial charge in [-0.25, -0.2) is 0 Å². The highest BCUT2D eigenvalue weighted by Gasteiger charge is 2.29. The zero-order chi connectivity index (χ0) is 27.6. The van der Waals surface area contributed by atoms with E-state index in [0.717, 1.165) is 34.6 Å². The summed E-state index contributed by atoms with van der Waals surface area (Å²) >= 11 is 0. The Hall–Kier alpha value is -4.50. The van der Waals surface area contributed by atoms with E-state index in [9.17, 15) is 10.2 Å². The van der Waals surface area contributed by atoms with Crippen LogP contribution in [0.15, 0.2) is 115 Å². The topological polar surface area (TPSA) is 43.7 Å². The van der Waals surface area contributed by atoms with Gasteiger partial charge >= 0.3 is 0 Å². The third-order valence-electron chi connectivity index (χ3n) is 7.80. The second-order valence-corrected chi connectivity index (χ2v) is 10.7. The summed E-state index contributed by atoms with van der Waals surface area (Å²) in [6.45, 7) is 8.62. The van der Waals surface area contributed by atoms with E-state index < -0.39 is 0 Å². The summed E-state index contributed by atoms with van der Waals surface area (Å²) in [7, 11) is 0. The van der Waals surface area contributed by atoms with E-state index in [2.05, 4.69) is 99.3 Å². The van der Waals surface area contributed by atoms with Crippen molar-refractivity contribution in [3.05, 3.63) is 149 Å². The maximum absolute atomic E-state index is 9.90. The lowest BCUT2D eigenvalue weighted by atomic mass is 9.72. The van der Waals surface area contributed by atoms with Crippen LogP contribution in [-0.4, -0.2) is 10.2 Å². The SMILES string of the molecule is Cc1ccc(N(c2ccc(CC(C)(c3ccc(O)cc3)c3ccc(O)cc3)cc2)c2ccc(C)c(C)c2)cc1. The van der Waals surface area contributed by atoms with Gasteiger partial charge in [0, 0.05) is 22.5 Å². The first kappa shape index (κ1) is 26.1. The molecule has 2 N–H and O–H groups in total. The van der Waals surface area contributed by atoms with Crippen LogP contribution in [0.2, 0.25) is 0 Å². The van der Waals surface area contributed by atoms with Gasteiger partial charge in [-0.2, -0.15) is 0 Å². The fraction of sp³-hybridized carbons (Fsp3) is 0.167. The molecule has 3 nitrogen and oxygen atoms in total. The van der Waals surface area contributed by atoms with Crippen LogP contribution in [-0.2, 0) is 11.8 Å². The molecule has 0 aromatic heterocycles. The Kier molecular flexibility index (Phi) is 7.17. The molecule has 0 aliphatic rings. The number of anilines is 3. The number of benzene rings is 5. The van der Waals surface area contributed by atoms with Crippen molar-refractivity contribution in [1.82, 2.24) is 0 Å². The van der Waals surface area contributed by atoms with Crippen molar-refractivity contribution in [3.8, 4) is 11.5 Å². The van der Waals surface area contributed by atoms with E-state index in [-0.39, 0.29) is 16.9 Å². The summed E-state index contributed by atoms with van der Waals surface area (Å²) in [6.07, 6.45) is 0.761. The molecular weight excluding hydrogens is 478 g/mol. The van der Waals surface area contributed by atoms with Crippen LogP contribution in [0.3, 0.4) is 0 Å². The second-order valence-electron chi connectivity index (χ2n) is 10.7. The monoisotopic (exact) mass is 513 g/mol. The molecule has 0 aliphatic carbocycles. The Labute approximate surface area is 231 Å². The van der Waals surface area contributed by atoms with Gasteiger partial charge in [-0.05, 0) is 116 Å². The van der Waals surface area contributed by atoms with Gasteiger partial charge in [-0.3, -0.25) is 0 Å². The molecule has 0 spiro atoms. The number of nitrogens with zero attached hydrogens (tertiary/aromatic N) is 1. The van der Waals surface area contributed by atoms with Crippen molar-refractivity contribution >= 4 is 17.1 Å². The first-order valence-corrected chi connectivity index (χ1v) is 13.3. The molecule has 0 fully saturated rings. The number of aromatic hydroxyl groups is 2. The molecule has 0 aliphatic heterocycles. The predicted octanol–water partition coefficient (Wildman–Crippen LogP) is 9.04. The quantitative estimate of drug-likeness (QED) is 0.228. The second kappa shape index (κ2) is 10.7. The minimum absolute atomic E-state index is 0.249. The molecule has 0 heterocycles. The maximum Gasteiger partial charge on any atom is 0.115 e. The number of phenolic OH excluding ortho intramolecular Hbond substituents is 2. The Morgan fingerprint density at radius 2 is 1.00 bits per heavy atom. The lowest BCUT2D eigenvalue weighted by Gasteiger charge is -2.32. The first-order valence-electron chi connectivity index (χ1n) is 13.3. The minimum atomic E-state index is -0.354. The predicted molar refractivity (Wildman–Crippen MR) is 162 cm³/mol. The third kappa shape index (κ3) is 5.53. The number of aryl methyl sites for hydroxylation is 3. The molecule has 0 radical (unpaired) electrons. The molecule has 5 rings (SSSR count). The Balaban J connectivity index is 1.53. The molecule has 0 saturated heterocycles. The lowest BCUT2D eigenvalue weighted by Crippen LogP contribution is -2.26. The molecule has 0 saturated carbocycles. The van der Waals surface area contributed by atoms with Gasteiger partial charge in [-0.15, -0.1) is 0 Å². The average Bonchev–Trinajstić information content (AvgIpc) is 2.93. The molecule has 0 atom stereocenters. The lowest BCUT2D eigenvalue weighted by molar-refractivity contribution is 0.473. The van der Waals surface area contributed by atoms with E-state index in [1.165, 1.54) is 22.3 Å². The van der Waals surface area contributed by atoms with Crippen LogP contribution in [0.5, 0.6) is 11.5 Å². The molecule has 0 bridgehead atoms. The minimum Gasteiger partial charge on any atom is -0.508 e. The zero-order valence-corrected chi connectivity index (χ0v) is 23.0. The van der Waals surface area contributed by atoms with Crippen LogP contribution in [0, 0.1) is 20.8 Å². The Bertz CT molecular complexity index is 1510. The Morgan fingerprint density at radius 1 is 0.538 bits per heavy atom. The molecule has 196 valence electrons. The van der Waals surface area contributed by atoms with Crippen molar-refractivity contribution in [2.24, 2.45) is 0 Å². The smallest absolute Gasteiger partial charge is 0.115 e. The van der Waals surface area contributed by atoms with E-state index in [0.29, 0.717) is 0 Å². The van der Waals surface area contributed by atoms with E-state index >= 15 is 0 Å². The van der Waals surface area contributed by atoms with Crippen LogP contribution in [0.25, 0.3) is 0 Å². The summed E-state index contributed by atoms with van der Waals surface area (Å²) in [5.41, 5.74) is 10.2. The highest BCUT2D eigenvalue weighted by Crippen LogP contribution is 2.39. The highest BCUT2D eigenvalue weighted by molar-refractivity contribution is 5.77. The number of hydrogen-bond donors (Lipinski definition) is 2. The van der Waals surface area contributed by atoms with Crippen molar-refractivity contribution < 1.29 is 10.2 Å². The van der Waals surface area contributed by atoms with Crippen molar-refractivity contribution in [2.45, 2.75) is 39.5 Å². The van der Waals surface area contributed by atoms with Gasteiger partial charge in [0.2, 0.25) is 0 Å². The summed E-state index contributed by atoms with van der Waals surface area (Å²) in [5, 5.41) is 19.8. The van der Waals surface area contributed by atoms with Gasteiger partial charge in [0.25, 0.3) is 0 Å². The van der Waals surface area contributed by atoms with Crippen molar-refractivity contribution in [3.63, 3.8) is 0 Å². The van der Waals surface area contributed by atoms with E-state index in [4.69, 9.17) is 0 Å². The Morgan fingerprint density at radius 3 is 1.49 bits per heavy atom. The van der Waals surface area contributed by atoms with Crippen LogP contribution >= 0.6 is 0 Å². The van der Waals surface area contributed by atoms with Gasteiger partial charge in [0.15, 0.2) is 0 Å². The molecule has 5 aromatic rings. The molecular formula is C36H35NO2. The highest BCUT2D eigenvalue weighted by atomic mass is 16.3. The summed E-state index contributed by atoms with van der Waals surface area (Å²) in [5.74, 6) is 0.498. The molecule has 0 unspecified atom stereocenters. The van der Waals surface area contributed by atoms with Crippen LogP contribution in [0.1, 0.15) is 40.3 Å². The van der Waals surface area contributed by atoms with Gasteiger partial charge in [-0.1, -0.05) is 67.1 Å². The summed E-state index contributed by atoms with van der Waals surface area (Å²) in [4.78, 5) is 2.30.